The Morgan fingerprint density at radius 2 is 0.400 bits per heavy atom. The number of hydrogen-bond donors (Lipinski definition) is 0. The molecule has 0 N–H and O–H groups in total. The fourth-order valence-corrected chi connectivity index (χ4v) is 7.10. The van der Waals surface area contributed by atoms with Gasteiger partial charge in [0.2, 0.25) is 0 Å². The zero-order valence-corrected chi connectivity index (χ0v) is 27.6. The quantitative estimate of drug-likeness (QED) is 0.146. The second-order valence-electron chi connectivity index (χ2n) is 13.0. The van der Waals surface area contributed by atoms with Crippen LogP contribution in [0.3, 0.4) is 0 Å². The Bertz CT molecular complexity index is 2320. The first-order chi connectivity index (χ1) is 24.8. The lowest BCUT2D eigenvalue weighted by atomic mass is 9.83. The molecule has 0 amide bonds. The molecule has 0 fully saturated rings. The normalized spacial score (nSPS) is 12.5. The smallest absolute Gasteiger partial charge is 0.00921 e. The van der Waals surface area contributed by atoms with Gasteiger partial charge in [-0.25, -0.2) is 0 Å². The van der Waals surface area contributed by atoms with Gasteiger partial charge in [0.15, 0.2) is 0 Å². The molecule has 234 valence electrons. The van der Waals surface area contributed by atoms with Crippen molar-refractivity contribution < 1.29 is 0 Å². The minimum atomic E-state index is 1.20. The van der Waals surface area contributed by atoms with Gasteiger partial charge in [0, 0.05) is 0 Å². The lowest BCUT2D eigenvalue weighted by molar-refractivity contribution is 1.64. The van der Waals surface area contributed by atoms with Crippen molar-refractivity contribution in [2.24, 2.45) is 0 Å². The van der Waals surface area contributed by atoms with Crippen LogP contribution in [0.4, 0.5) is 0 Å². The maximum Gasteiger partial charge on any atom is -0.00921 e. The Morgan fingerprint density at radius 3 is 0.620 bits per heavy atom. The zero-order chi connectivity index (χ0) is 33.3. The Labute approximate surface area is 293 Å². The summed E-state index contributed by atoms with van der Waals surface area (Å²) in [6.45, 7) is 0. The van der Waals surface area contributed by atoms with E-state index < -0.39 is 0 Å². The van der Waals surface area contributed by atoms with Crippen LogP contribution in [0.1, 0.15) is 44.5 Å². The van der Waals surface area contributed by atoms with E-state index in [4.69, 9.17) is 0 Å². The molecule has 0 nitrogen and oxygen atoms in total. The number of rotatable bonds is 8. The van der Waals surface area contributed by atoms with Gasteiger partial charge in [0.05, 0.1) is 0 Å². The molecule has 0 spiro atoms. The lowest BCUT2D eigenvalue weighted by Crippen LogP contribution is -1.94. The van der Waals surface area contributed by atoms with Gasteiger partial charge in [-0.2, -0.15) is 0 Å². The Kier molecular flexibility index (Phi) is 7.61. The van der Waals surface area contributed by atoms with Crippen LogP contribution in [0, 0.1) is 0 Å². The van der Waals surface area contributed by atoms with E-state index >= 15 is 0 Å². The van der Waals surface area contributed by atoms with Crippen LogP contribution in [0.15, 0.2) is 158 Å². The van der Waals surface area contributed by atoms with Crippen molar-refractivity contribution in [3.8, 4) is 0 Å². The highest BCUT2D eigenvalue weighted by Crippen LogP contribution is 2.46. The van der Waals surface area contributed by atoms with Gasteiger partial charge in [0.25, 0.3) is 0 Å². The van der Waals surface area contributed by atoms with Crippen LogP contribution in [0.25, 0.3) is 91.7 Å². The summed E-state index contributed by atoms with van der Waals surface area (Å²) in [5, 5.41) is 10.7. The summed E-state index contributed by atoms with van der Waals surface area (Å²) in [4.78, 5) is 0. The maximum atomic E-state index is 2.42. The molecular weight excluding hydrogens is 601 g/mol. The third-order valence-corrected chi connectivity index (χ3v) is 9.78. The summed E-state index contributed by atoms with van der Waals surface area (Å²) in [6, 6.07) is 56.5. The van der Waals surface area contributed by atoms with Crippen molar-refractivity contribution in [3.63, 3.8) is 0 Å². The van der Waals surface area contributed by atoms with Crippen LogP contribution >= 0.6 is 0 Å². The molecule has 0 bridgehead atoms. The van der Waals surface area contributed by atoms with Gasteiger partial charge < -0.3 is 0 Å². The summed E-state index contributed by atoms with van der Waals surface area (Å²) >= 11 is 0. The first-order valence-electron chi connectivity index (χ1n) is 17.2. The van der Waals surface area contributed by atoms with Crippen molar-refractivity contribution >= 4 is 91.7 Å². The van der Waals surface area contributed by atoms with Gasteiger partial charge in [-0.1, -0.05) is 170 Å². The molecule has 0 radical (unpaired) electrons. The molecule has 9 aromatic carbocycles. The highest BCUT2D eigenvalue weighted by atomic mass is 14.2. The van der Waals surface area contributed by atoms with Crippen LogP contribution in [0.5, 0.6) is 0 Å². The van der Waals surface area contributed by atoms with Crippen LogP contribution in [0.2, 0.25) is 0 Å². The first kappa shape index (κ1) is 29.6. The Hall–Kier alpha value is -6.50. The van der Waals surface area contributed by atoms with Gasteiger partial charge in [0.1, 0.15) is 0 Å². The second kappa shape index (κ2) is 12.8. The van der Waals surface area contributed by atoms with Crippen molar-refractivity contribution in [2.45, 2.75) is 0 Å². The van der Waals surface area contributed by atoms with E-state index in [2.05, 4.69) is 206 Å². The van der Waals surface area contributed by atoms with Gasteiger partial charge in [-0.15, -0.1) is 0 Å². The predicted molar refractivity (Wildman–Crippen MR) is 220 cm³/mol. The third kappa shape index (κ3) is 5.68. The highest BCUT2D eigenvalue weighted by Gasteiger charge is 2.18. The lowest BCUT2D eigenvalue weighted by Gasteiger charge is -2.20. The second-order valence-corrected chi connectivity index (χ2v) is 13.0. The molecule has 0 unspecified atom stereocenters. The molecule has 0 heteroatoms. The largest absolute Gasteiger partial charge is 0.0622 e. The number of fused-ring (bicyclic) bond motifs is 8. The predicted octanol–water partition coefficient (Wildman–Crippen LogP) is 13.9. The summed E-state index contributed by atoms with van der Waals surface area (Å²) < 4.78 is 0. The summed E-state index contributed by atoms with van der Waals surface area (Å²) in [7, 11) is 0. The molecule has 9 aromatic rings. The van der Waals surface area contributed by atoms with Crippen LogP contribution < -0.4 is 0 Å². The average Bonchev–Trinajstić information content (AvgIpc) is 3.17. The molecule has 0 atom stereocenters. The molecule has 0 aliphatic rings. The number of benzene rings is 7. The van der Waals surface area contributed by atoms with Crippen molar-refractivity contribution in [2.75, 3.05) is 0 Å². The monoisotopic (exact) mass is 634 g/mol. The molecule has 0 aliphatic carbocycles. The van der Waals surface area contributed by atoms with E-state index in [0.717, 1.165) is 0 Å². The minimum Gasteiger partial charge on any atom is -0.0622 e. The van der Waals surface area contributed by atoms with Crippen molar-refractivity contribution in [3.05, 3.63) is 202 Å². The summed E-state index contributed by atoms with van der Waals surface area (Å²) in [5.74, 6) is 0. The molecule has 0 aliphatic heterocycles. The highest BCUT2D eigenvalue weighted by molar-refractivity contribution is 6.35. The maximum absolute atomic E-state index is 2.42. The molecule has 0 aromatic heterocycles. The minimum absolute atomic E-state index is 1.20. The topological polar surface area (TPSA) is 0 Å². The van der Waals surface area contributed by atoms with E-state index in [1.807, 2.05) is 0 Å². The Balaban J connectivity index is 1.17. The summed E-state index contributed by atoms with van der Waals surface area (Å²) in [5.41, 5.74) is 9.66. The molecular formula is C50H34. The summed E-state index contributed by atoms with van der Waals surface area (Å²) in [6.07, 6.45) is 17.9. The van der Waals surface area contributed by atoms with Crippen molar-refractivity contribution in [1.82, 2.24) is 0 Å². The van der Waals surface area contributed by atoms with E-state index in [1.165, 1.54) is 87.6 Å². The van der Waals surface area contributed by atoms with Gasteiger partial charge >= 0.3 is 0 Å². The molecule has 0 saturated carbocycles. The van der Waals surface area contributed by atoms with Gasteiger partial charge in [-0.3, -0.25) is 0 Å². The van der Waals surface area contributed by atoms with E-state index in [9.17, 15) is 0 Å². The standard InChI is InChI=1S/C50H34/c1-5-13-35(14-6-1)21-25-39-29-43-44(30-40(39)26-22-36-15-7-2-8-16-36)48-34-50-46-32-42(28-24-38-19-11-4-12-20-38)41(27-23-37-17-9-3-10-18-37)31-45(46)49(50)33-47(43)48/h1-34H/b25-21+,26-22+,27-23+,28-24+. The van der Waals surface area contributed by atoms with E-state index in [1.54, 1.807) is 0 Å². The number of hydrogen-bond acceptors (Lipinski definition) is 0. The fraction of sp³-hybridized carbons (Fsp3) is 0. The van der Waals surface area contributed by atoms with Gasteiger partial charge in [-0.05, 0) is 124 Å². The van der Waals surface area contributed by atoms with E-state index in [-0.39, 0.29) is 0 Å². The first-order valence-corrected chi connectivity index (χ1v) is 17.2. The molecule has 0 heterocycles. The molecule has 50 heavy (non-hydrogen) atoms. The Morgan fingerprint density at radius 1 is 0.200 bits per heavy atom. The third-order valence-electron chi connectivity index (χ3n) is 9.78. The van der Waals surface area contributed by atoms with Crippen LogP contribution in [-0.4, -0.2) is 0 Å². The fourth-order valence-electron chi connectivity index (χ4n) is 7.10. The molecule has 9 rings (SSSR count). The van der Waals surface area contributed by atoms with E-state index in [0.29, 0.717) is 0 Å². The average molecular weight is 635 g/mol. The van der Waals surface area contributed by atoms with Crippen molar-refractivity contribution in [1.29, 1.82) is 0 Å². The SMILES string of the molecule is C(=C\c1cc2c(cc1/C=C/c1ccccc1)c1cc3c4cc(/C=C/c5ccccc5)c(/C=C/c5ccccc5)cc4c3cc21)/c1ccccc1. The molecule has 0 saturated heterocycles. The van der Waals surface area contributed by atoms with Crippen LogP contribution in [-0.2, 0) is 0 Å². The zero-order valence-electron chi connectivity index (χ0n) is 27.6.